The Kier molecular flexibility index (Phi) is 5.43. The molecule has 0 saturated carbocycles. The van der Waals surface area contributed by atoms with Crippen molar-refractivity contribution >= 4 is 17.6 Å². The molecule has 0 bridgehead atoms. The minimum absolute atomic E-state index is 0.275. The van der Waals surface area contributed by atoms with Gasteiger partial charge in [0.15, 0.2) is 0 Å². The summed E-state index contributed by atoms with van der Waals surface area (Å²) in [4.78, 5) is 25.6. The first kappa shape index (κ1) is 15.9. The molecule has 0 fully saturated rings. The molecule has 5 nitrogen and oxygen atoms in total. The van der Waals surface area contributed by atoms with Crippen LogP contribution in [-0.2, 0) is 16.1 Å². The second kappa shape index (κ2) is 6.84. The largest absolute Gasteiger partial charge is 0.269 e. The van der Waals surface area contributed by atoms with E-state index in [2.05, 4.69) is 5.10 Å². The summed E-state index contributed by atoms with van der Waals surface area (Å²) in [6, 6.07) is 1.67. The lowest BCUT2D eigenvalue weighted by atomic mass is 10.1. The molecule has 0 atom stereocenters. The minimum Gasteiger partial charge on any atom is -0.269 e. The SMILES string of the molecule is C/C=C\C1=C(C)C(=O)N(c2ccnn2CC)C1=O.CC. The van der Waals surface area contributed by atoms with Crippen molar-refractivity contribution < 1.29 is 9.59 Å². The van der Waals surface area contributed by atoms with E-state index >= 15 is 0 Å². The summed E-state index contributed by atoms with van der Waals surface area (Å²) in [6.07, 6.45) is 5.01. The zero-order chi connectivity index (χ0) is 15.3. The fourth-order valence-electron chi connectivity index (χ4n) is 1.99. The van der Waals surface area contributed by atoms with E-state index in [1.54, 1.807) is 36.0 Å². The molecule has 2 amide bonds. The predicted octanol–water partition coefficient (Wildman–Crippen LogP) is 2.70. The van der Waals surface area contributed by atoms with E-state index in [4.69, 9.17) is 0 Å². The summed E-state index contributed by atoms with van der Waals surface area (Å²) in [5.74, 6) is -0.0412. The highest BCUT2D eigenvalue weighted by Gasteiger charge is 2.37. The monoisotopic (exact) mass is 275 g/mol. The zero-order valence-electron chi connectivity index (χ0n) is 12.7. The fraction of sp³-hybridized carbons (Fsp3) is 0.400. The van der Waals surface area contributed by atoms with Crippen LogP contribution in [0.3, 0.4) is 0 Å². The van der Waals surface area contributed by atoms with Crippen LogP contribution < -0.4 is 4.90 Å². The number of hydrogen-bond donors (Lipinski definition) is 0. The molecule has 0 spiro atoms. The van der Waals surface area contributed by atoms with Crippen molar-refractivity contribution in [1.82, 2.24) is 9.78 Å². The highest BCUT2D eigenvalue weighted by atomic mass is 16.2. The molecule has 2 heterocycles. The molecule has 1 aliphatic rings. The molecule has 0 radical (unpaired) electrons. The number of amides is 2. The van der Waals surface area contributed by atoms with Crippen molar-refractivity contribution in [2.75, 3.05) is 4.90 Å². The normalized spacial score (nSPS) is 15.2. The summed E-state index contributed by atoms with van der Waals surface area (Å²) < 4.78 is 1.63. The van der Waals surface area contributed by atoms with E-state index in [-0.39, 0.29) is 11.8 Å². The summed E-state index contributed by atoms with van der Waals surface area (Å²) in [5.41, 5.74) is 0.924. The van der Waals surface area contributed by atoms with Crippen molar-refractivity contribution in [3.05, 3.63) is 35.6 Å². The Balaban J connectivity index is 0.000000956. The molecule has 5 heteroatoms. The van der Waals surface area contributed by atoms with Gasteiger partial charge in [0.05, 0.1) is 6.20 Å². The number of imide groups is 1. The van der Waals surface area contributed by atoms with Crippen molar-refractivity contribution in [2.45, 2.75) is 41.2 Å². The topological polar surface area (TPSA) is 55.2 Å². The van der Waals surface area contributed by atoms with Gasteiger partial charge in [0.1, 0.15) is 5.82 Å². The van der Waals surface area contributed by atoms with Gasteiger partial charge in [0, 0.05) is 23.8 Å². The second-order valence-electron chi connectivity index (χ2n) is 3.99. The molecule has 1 aromatic heterocycles. The van der Waals surface area contributed by atoms with Crippen molar-refractivity contribution in [1.29, 1.82) is 0 Å². The summed E-state index contributed by atoms with van der Waals surface area (Å²) >= 11 is 0. The average molecular weight is 275 g/mol. The van der Waals surface area contributed by atoms with Gasteiger partial charge in [0.25, 0.3) is 11.8 Å². The highest BCUT2D eigenvalue weighted by Crippen LogP contribution is 2.27. The van der Waals surface area contributed by atoms with Gasteiger partial charge in [-0.2, -0.15) is 5.10 Å². The molecule has 0 aliphatic carbocycles. The van der Waals surface area contributed by atoms with Gasteiger partial charge < -0.3 is 0 Å². The number of aromatic nitrogens is 2. The van der Waals surface area contributed by atoms with Gasteiger partial charge in [-0.25, -0.2) is 9.58 Å². The molecular formula is C15H21N3O2. The molecule has 0 saturated heterocycles. The maximum absolute atomic E-state index is 12.2. The average Bonchev–Trinajstić information content (AvgIpc) is 3.00. The lowest BCUT2D eigenvalue weighted by molar-refractivity contribution is -0.120. The number of aryl methyl sites for hydroxylation is 1. The number of anilines is 1. The first-order valence-electron chi connectivity index (χ1n) is 6.86. The van der Waals surface area contributed by atoms with Crippen molar-refractivity contribution in [3.63, 3.8) is 0 Å². The second-order valence-corrected chi connectivity index (χ2v) is 3.99. The Bertz CT molecular complexity index is 567. The van der Waals surface area contributed by atoms with E-state index in [1.807, 2.05) is 27.7 Å². The summed E-state index contributed by atoms with van der Waals surface area (Å²) in [7, 11) is 0. The lowest BCUT2D eigenvalue weighted by Gasteiger charge is -2.15. The first-order valence-corrected chi connectivity index (χ1v) is 6.86. The van der Waals surface area contributed by atoms with E-state index in [0.29, 0.717) is 23.5 Å². The van der Waals surface area contributed by atoms with Gasteiger partial charge >= 0.3 is 0 Å². The van der Waals surface area contributed by atoms with Crippen LogP contribution in [0.4, 0.5) is 5.82 Å². The Labute approximate surface area is 119 Å². The summed E-state index contributed by atoms with van der Waals surface area (Å²) in [5, 5.41) is 4.08. The van der Waals surface area contributed by atoms with E-state index < -0.39 is 0 Å². The van der Waals surface area contributed by atoms with E-state index in [0.717, 1.165) is 0 Å². The molecule has 0 N–H and O–H groups in total. The van der Waals surface area contributed by atoms with Gasteiger partial charge in [-0.3, -0.25) is 9.59 Å². The van der Waals surface area contributed by atoms with Crippen LogP contribution >= 0.6 is 0 Å². The van der Waals surface area contributed by atoms with Crippen LogP contribution in [0.1, 0.15) is 34.6 Å². The third-order valence-corrected chi connectivity index (χ3v) is 2.92. The summed E-state index contributed by atoms with van der Waals surface area (Å²) in [6.45, 7) is 10.0. The molecule has 20 heavy (non-hydrogen) atoms. The van der Waals surface area contributed by atoms with Gasteiger partial charge in [-0.05, 0) is 20.8 Å². The Morgan fingerprint density at radius 1 is 1.25 bits per heavy atom. The van der Waals surface area contributed by atoms with Crippen LogP contribution in [0.2, 0.25) is 0 Å². The molecule has 1 aromatic rings. The van der Waals surface area contributed by atoms with Crippen molar-refractivity contribution in [3.8, 4) is 0 Å². The quantitative estimate of drug-likeness (QED) is 0.797. The predicted molar refractivity (Wildman–Crippen MR) is 79.3 cm³/mol. The Morgan fingerprint density at radius 2 is 1.90 bits per heavy atom. The molecular weight excluding hydrogens is 254 g/mol. The number of allylic oxidation sites excluding steroid dienone is 1. The maximum Gasteiger partial charge on any atom is 0.266 e. The van der Waals surface area contributed by atoms with Gasteiger partial charge in [-0.1, -0.05) is 26.0 Å². The molecule has 0 unspecified atom stereocenters. The number of hydrogen-bond acceptors (Lipinski definition) is 3. The number of rotatable bonds is 3. The minimum atomic E-state index is -0.286. The lowest BCUT2D eigenvalue weighted by Crippen LogP contribution is -2.33. The highest BCUT2D eigenvalue weighted by molar-refractivity contribution is 6.33. The maximum atomic E-state index is 12.2. The van der Waals surface area contributed by atoms with Gasteiger partial charge in [-0.15, -0.1) is 0 Å². The zero-order valence-corrected chi connectivity index (χ0v) is 12.7. The number of nitrogens with zero attached hydrogens (tertiary/aromatic N) is 3. The Hall–Kier alpha value is -2.17. The Morgan fingerprint density at radius 3 is 2.45 bits per heavy atom. The molecule has 2 rings (SSSR count). The van der Waals surface area contributed by atoms with E-state index in [1.165, 1.54) is 4.90 Å². The molecule has 108 valence electrons. The van der Waals surface area contributed by atoms with Gasteiger partial charge in [0.2, 0.25) is 0 Å². The van der Waals surface area contributed by atoms with E-state index in [9.17, 15) is 9.59 Å². The third kappa shape index (κ3) is 2.57. The molecule has 0 aromatic carbocycles. The first-order chi connectivity index (χ1) is 9.61. The number of carbonyl (C=O) groups is 2. The van der Waals surface area contributed by atoms with Crippen LogP contribution in [0.5, 0.6) is 0 Å². The standard InChI is InChI=1S/C13H15N3O2.C2H6/c1-4-6-10-9(3)12(17)16(13(10)18)11-7-8-14-15(11)5-2;1-2/h4,6-8H,5H2,1-3H3;1-2H3/b6-4-;. The smallest absolute Gasteiger partial charge is 0.266 e. The van der Waals surface area contributed by atoms with Crippen LogP contribution in [0, 0.1) is 0 Å². The van der Waals surface area contributed by atoms with Crippen LogP contribution in [-0.4, -0.2) is 21.6 Å². The van der Waals surface area contributed by atoms with Crippen LogP contribution in [0.15, 0.2) is 35.6 Å². The van der Waals surface area contributed by atoms with Crippen LogP contribution in [0.25, 0.3) is 0 Å². The fourth-order valence-corrected chi connectivity index (χ4v) is 1.99. The number of carbonyl (C=O) groups excluding carboxylic acids is 2. The third-order valence-electron chi connectivity index (χ3n) is 2.92. The van der Waals surface area contributed by atoms with Crippen molar-refractivity contribution in [2.24, 2.45) is 0 Å². The molecule has 1 aliphatic heterocycles.